The smallest absolute Gasteiger partial charge is 0.268 e. The molecule has 2 aromatic heterocycles. The van der Waals surface area contributed by atoms with Gasteiger partial charge in [0.2, 0.25) is 5.91 Å². The molecule has 2 N–H and O–H groups in total. The molecule has 1 saturated heterocycles. The SMILES string of the molecule is CCNC(=O)[C@@H]1C[C@H](NC(=O)c2cccn2C)CN1Cc1nccs1. The molecule has 3 rings (SSSR count). The first-order chi connectivity index (χ1) is 12.1. The maximum absolute atomic E-state index is 12.4. The molecule has 1 fully saturated rings. The minimum absolute atomic E-state index is 0.00896. The number of aromatic nitrogens is 2. The Morgan fingerprint density at radius 1 is 1.44 bits per heavy atom. The molecule has 2 atom stereocenters. The van der Waals surface area contributed by atoms with E-state index < -0.39 is 0 Å². The molecule has 25 heavy (non-hydrogen) atoms. The molecule has 0 bridgehead atoms. The summed E-state index contributed by atoms with van der Waals surface area (Å²) in [5, 5.41) is 8.86. The fourth-order valence-electron chi connectivity index (χ4n) is 3.21. The molecule has 2 amide bonds. The summed E-state index contributed by atoms with van der Waals surface area (Å²) in [6.45, 7) is 3.76. The number of amides is 2. The highest BCUT2D eigenvalue weighted by molar-refractivity contribution is 7.09. The van der Waals surface area contributed by atoms with Gasteiger partial charge >= 0.3 is 0 Å². The number of carbonyl (C=O) groups is 2. The van der Waals surface area contributed by atoms with Crippen molar-refractivity contribution in [3.8, 4) is 0 Å². The summed E-state index contributed by atoms with van der Waals surface area (Å²) in [4.78, 5) is 31.3. The third kappa shape index (κ3) is 4.08. The van der Waals surface area contributed by atoms with Gasteiger partial charge in [-0.1, -0.05) is 0 Å². The predicted octanol–water partition coefficient (Wildman–Crippen LogP) is 0.991. The minimum atomic E-state index is -0.248. The summed E-state index contributed by atoms with van der Waals surface area (Å²) in [7, 11) is 1.84. The molecule has 2 aromatic rings. The monoisotopic (exact) mass is 361 g/mol. The van der Waals surface area contributed by atoms with Gasteiger partial charge in [-0.25, -0.2) is 4.98 Å². The molecule has 134 valence electrons. The predicted molar refractivity (Wildman–Crippen MR) is 96.3 cm³/mol. The van der Waals surface area contributed by atoms with Crippen molar-refractivity contribution in [1.29, 1.82) is 0 Å². The number of nitrogens with zero attached hydrogens (tertiary/aromatic N) is 3. The van der Waals surface area contributed by atoms with Crippen LogP contribution in [0.15, 0.2) is 29.9 Å². The molecular weight excluding hydrogens is 338 g/mol. The number of hydrogen-bond donors (Lipinski definition) is 2. The number of carbonyl (C=O) groups excluding carboxylic acids is 2. The molecule has 0 radical (unpaired) electrons. The first-order valence-electron chi connectivity index (χ1n) is 8.40. The van der Waals surface area contributed by atoms with E-state index in [0.717, 1.165) is 5.01 Å². The molecule has 0 saturated carbocycles. The van der Waals surface area contributed by atoms with Crippen LogP contribution in [-0.4, -0.2) is 51.4 Å². The maximum Gasteiger partial charge on any atom is 0.268 e. The van der Waals surface area contributed by atoms with Crippen molar-refractivity contribution < 1.29 is 9.59 Å². The summed E-state index contributed by atoms with van der Waals surface area (Å²) < 4.78 is 1.79. The molecule has 0 aliphatic carbocycles. The van der Waals surface area contributed by atoms with Crippen LogP contribution in [0.3, 0.4) is 0 Å². The van der Waals surface area contributed by atoms with Gasteiger partial charge in [-0.15, -0.1) is 11.3 Å². The normalized spacial score (nSPS) is 20.6. The summed E-state index contributed by atoms with van der Waals surface area (Å²) in [5.74, 6) is -0.0991. The second-order valence-electron chi connectivity index (χ2n) is 6.18. The lowest BCUT2D eigenvalue weighted by atomic mass is 10.1. The van der Waals surface area contributed by atoms with Crippen molar-refractivity contribution in [2.75, 3.05) is 13.1 Å². The lowest BCUT2D eigenvalue weighted by Crippen LogP contribution is -2.42. The van der Waals surface area contributed by atoms with Crippen LogP contribution < -0.4 is 10.6 Å². The minimum Gasteiger partial charge on any atom is -0.355 e. The Kier molecular flexibility index (Phi) is 5.50. The highest BCUT2D eigenvalue weighted by Crippen LogP contribution is 2.22. The Balaban J connectivity index is 1.68. The second kappa shape index (κ2) is 7.79. The Bertz CT molecular complexity index is 727. The number of nitrogens with one attached hydrogen (secondary N) is 2. The van der Waals surface area contributed by atoms with Crippen LogP contribution in [0.2, 0.25) is 0 Å². The van der Waals surface area contributed by atoms with E-state index in [9.17, 15) is 9.59 Å². The Hall–Kier alpha value is -2.19. The molecule has 0 aromatic carbocycles. The molecule has 1 aliphatic rings. The summed E-state index contributed by atoms with van der Waals surface area (Å²) >= 11 is 1.58. The zero-order chi connectivity index (χ0) is 17.8. The molecule has 8 heteroatoms. The van der Waals surface area contributed by atoms with Gasteiger partial charge in [0.15, 0.2) is 0 Å². The van der Waals surface area contributed by atoms with E-state index in [2.05, 4.69) is 20.5 Å². The van der Waals surface area contributed by atoms with E-state index in [1.807, 2.05) is 31.6 Å². The third-order valence-corrected chi connectivity index (χ3v) is 5.15. The van der Waals surface area contributed by atoms with Gasteiger partial charge in [0.1, 0.15) is 10.7 Å². The largest absolute Gasteiger partial charge is 0.355 e. The van der Waals surface area contributed by atoms with Crippen LogP contribution >= 0.6 is 11.3 Å². The number of likely N-dealkylation sites (tertiary alicyclic amines) is 1. The fraction of sp³-hybridized carbons (Fsp3) is 0.471. The van der Waals surface area contributed by atoms with E-state index >= 15 is 0 Å². The van der Waals surface area contributed by atoms with Crippen molar-refractivity contribution >= 4 is 23.2 Å². The number of aryl methyl sites for hydroxylation is 1. The maximum atomic E-state index is 12.4. The number of hydrogen-bond acceptors (Lipinski definition) is 5. The van der Waals surface area contributed by atoms with Crippen molar-refractivity contribution in [2.45, 2.75) is 32.0 Å². The van der Waals surface area contributed by atoms with E-state index in [4.69, 9.17) is 0 Å². The van der Waals surface area contributed by atoms with Crippen LogP contribution in [-0.2, 0) is 18.4 Å². The average molecular weight is 361 g/mol. The zero-order valence-corrected chi connectivity index (χ0v) is 15.3. The molecule has 0 unspecified atom stereocenters. The third-order valence-electron chi connectivity index (χ3n) is 4.39. The van der Waals surface area contributed by atoms with Crippen molar-refractivity contribution in [1.82, 2.24) is 25.1 Å². The van der Waals surface area contributed by atoms with Crippen LogP contribution in [0, 0.1) is 0 Å². The zero-order valence-electron chi connectivity index (χ0n) is 14.4. The molecule has 1 aliphatic heterocycles. The van der Waals surface area contributed by atoms with Crippen LogP contribution in [0.4, 0.5) is 0 Å². The summed E-state index contributed by atoms with van der Waals surface area (Å²) in [6.07, 6.45) is 4.22. The Morgan fingerprint density at radius 2 is 2.28 bits per heavy atom. The van der Waals surface area contributed by atoms with E-state index in [-0.39, 0.29) is 23.9 Å². The highest BCUT2D eigenvalue weighted by atomic mass is 32.1. The van der Waals surface area contributed by atoms with E-state index in [1.165, 1.54) is 0 Å². The van der Waals surface area contributed by atoms with Crippen molar-refractivity contribution in [3.05, 3.63) is 40.6 Å². The molecule has 7 nitrogen and oxygen atoms in total. The molecule has 0 spiro atoms. The first kappa shape index (κ1) is 17.6. The van der Waals surface area contributed by atoms with Gasteiger partial charge in [-0.3, -0.25) is 14.5 Å². The molecular formula is C17H23N5O2S. The quantitative estimate of drug-likeness (QED) is 0.804. The Labute approximate surface area is 151 Å². The number of likely N-dealkylation sites (N-methyl/N-ethyl adjacent to an activating group) is 1. The van der Waals surface area contributed by atoms with Crippen molar-refractivity contribution in [3.63, 3.8) is 0 Å². The van der Waals surface area contributed by atoms with Crippen molar-refractivity contribution in [2.24, 2.45) is 7.05 Å². The topological polar surface area (TPSA) is 79.3 Å². The molecule has 3 heterocycles. The van der Waals surface area contributed by atoms with Gasteiger partial charge in [-0.05, 0) is 25.5 Å². The van der Waals surface area contributed by atoms with Gasteiger partial charge in [0.25, 0.3) is 5.91 Å². The Morgan fingerprint density at radius 3 is 2.92 bits per heavy atom. The summed E-state index contributed by atoms with van der Waals surface area (Å²) in [6, 6.07) is 3.33. The first-order valence-corrected chi connectivity index (χ1v) is 9.28. The lowest BCUT2D eigenvalue weighted by molar-refractivity contribution is -0.125. The fourth-order valence-corrected chi connectivity index (χ4v) is 3.85. The van der Waals surface area contributed by atoms with E-state index in [0.29, 0.717) is 31.7 Å². The van der Waals surface area contributed by atoms with E-state index in [1.54, 1.807) is 28.2 Å². The van der Waals surface area contributed by atoms with Gasteiger partial charge in [0.05, 0.1) is 12.6 Å². The number of rotatable bonds is 6. The van der Waals surface area contributed by atoms with Crippen LogP contribution in [0.1, 0.15) is 28.8 Å². The average Bonchev–Trinajstić information content (AvgIpc) is 3.29. The lowest BCUT2D eigenvalue weighted by Gasteiger charge is -2.22. The van der Waals surface area contributed by atoms with Gasteiger partial charge < -0.3 is 15.2 Å². The van der Waals surface area contributed by atoms with Crippen LogP contribution in [0.25, 0.3) is 0 Å². The van der Waals surface area contributed by atoms with Gasteiger partial charge in [-0.2, -0.15) is 0 Å². The second-order valence-corrected chi connectivity index (χ2v) is 7.16. The summed E-state index contributed by atoms with van der Waals surface area (Å²) in [5.41, 5.74) is 0.618. The number of thiazole rings is 1. The highest BCUT2D eigenvalue weighted by Gasteiger charge is 2.37. The van der Waals surface area contributed by atoms with Gasteiger partial charge in [0, 0.05) is 44.0 Å². The van der Waals surface area contributed by atoms with Crippen LogP contribution in [0.5, 0.6) is 0 Å². The standard InChI is InChI=1S/C17H23N5O2S/c1-3-18-16(23)14-9-12(10-22(14)11-15-19-6-8-25-15)20-17(24)13-5-4-7-21(13)2/h4-8,12,14H,3,9-11H2,1-2H3,(H,18,23)(H,20,24)/t12-,14-/m0/s1.